The van der Waals surface area contributed by atoms with Crippen molar-refractivity contribution < 1.29 is 22.7 Å². The second kappa shape index (κ2) is 7.00. The summed E-state index contributed by atoms with van der Waals surface area (Å²) in [4.78, 5) is 10.3. The average molecular weight is 300 g/mol. The molecular formula is C12H13FN2O4S. The molecule has 0 fully saturated rings. The fraction of sp³-hybridized carbons (Fsp3) is 0.250. The average Bonchev–Trinajstić information content (AvgIpc) is 2.37. The van der Waals surface area contributed by atoms with Gasteiger partial charge in [0.05, 0.1) is 18.0 Å². The molecule has 0 bridgehead atoms. The SMILES string of the molecule is NC(=O)CNS(=O)(=O)c1ccc(F)cc1C#CCCO. The predicted octanol–water partition coefficient (Wildman–Crippen LogP) is -0.677. The van der Waals surface area contributed by atoms with Gasteiger partial charge in [-0.3, -0.25) is 4.79 Å². The van der Waals surface area contributed by atoms with Gasteiger partial charge in [0.2, 0.25) is 15.9 Å². The molecule has 0 aliphatic rings. The van der Waals surface area contributed by atoms with Crippen molar-refractivity contribution in [1.82, 2.24) is 4.72 Å². The Morgan fingerprint density at radius 3 is 2.75 bits per heavy atom. The van der Waals surface area contributed by atoms with Gasteiger partial charge in [-0.1, -0.05) is 11.8 Å². The van der Waals surface area contributed by atoms with Crippen LogP contribution >= 0.6 is 0 Å². The van der Waals surface area contributed by atoms with E-state index in [1.54, 1.807) is 0 Å². The minimum atomic E-state index is -4.02. The van der Waals surface area contributed by atoms with Gasteiger partial charge in [0.1, 0.15) is 5.82 Å². The molecule has 8 heteroatoms. The third kappa shape index (κ3) is 4.62. The number of hydrogen-bond acceptors (Lipinski definition) is 4. The molecule has 0 spiro atoms. The van der Waals surface area contributed by atoms with Crippen molar-refractivity contribution in [3.63, 3.8) is 0 Å². The van der Waals surface area contributed by atoms with Gasteiger partial charge in [0, 0.05) is 12.0 Å². The van der Waals surface area contributed by atoms with Crippen LogP contribution in [0.2, 0.25) is 0 Å². The van der Waals surface area contributed by atoms with Gasteiger partial charge in [-0.15, -0.1) is 0 Å². The van der Waals surface area contributed by atoms with Gasteiger partial charge < -0.3 is 10.8 Å². The van der Waals surface area contributed by atoms with Crippen LogP contribution in [0.3, 0.4) is 0 Å². The van der Waals surface area contributed by atoms with E-state index in [2.05, 4.69) is 11.8 Å². The molecule has 0 atom stereocenters. The number of aliphatic hydroxyl groups excluding tert-OH is 1. The maximum atomic E-state index is 13.2. The molecule has 0 aromatic heterocycles. The number of aliphatic hydroxyl groups is 1. The molecule has 108 valence electrons. The van der Waals surface area contributed by atoms with E-state index in [1.807, 2.05) is 4.72 Å². The number of primary amides is 1. The van der Waals surface area contributed by atoms with E-state index in [9.17, 15) is 17.6 Å². The summed E-state index contributed by atoms with van der Waals surface area (Å²) < 4.78 is 39.0. The molecule has 6 nitrogen and oxygen atoms in total. The Morgan fingerprint density at radius 2 is 2.15 bits per heavy atom. The monoisotopic (exact) mass is 300 g/mol. The van der Waals surface area contributed by atoms with E-state index in [-0.39, 0.29) is 23.5 Å². The van der Waals surface area contributed by atoms with Crippen molar-refractivity contribution >= 4 is 15.9 Å². The lowest BCUT2D eigenvalue weighted by atomic mass is 10.2. The molecule has 1 amide bonds. The number of carbonyl (C=O) groups excluding carboxylic acids is 1. The first-order chi connectivity index (χ1) is 9.36. The lowest BCUT2D eigenvalue weighted by molar-refractivity contribution is -0.116. The standard InChI is InChI=1S/C12H13FN2O4S/c13-10-4-5-11(9(7-10)3-1-2-6-16)20(18,19)15-8-12(14)17/h4-5,7,15-16H,2,6,8H2,(H2,14,17). The highest BCUT2D eigenvalue weighted by Gasteiger charge is 2.18. The molecule has 0 aliphatic carbocycles. The van der Waals surface area contributed by atoms with E-state index in [1.165, 1.54) is 0 Å². The number of carbonyl (C=O) groups is 1. The number of benzene rings is 1. The van der Waals surface area contributed by atoms with Gasteiger partial charge in [-0.2, -0.15) is 0 Å². The highest BCUT2D eigenvalue weighted by Crippen LogP contribution is 2.16. The normalized spacial score (nSPS) is 10.7. The molecule has 0 heterocycles. The van der Waals surface area contributed by atoms with Crippen molar-refractivity contribution in [2.24, 2.45) is 5.73 Å². The Kier molecular flexibility index (Phi) is 5.64. The Balaban J connectivity index is 3.17. The zero-order valence-electron chi connectivity index (χ0n) is 10.4. The van der Waals surface area contributed by atoms with Crippen molar-refractivity contribution in [3.05, 3.63) is 29.6 Å². The summed E-state index contributed by atoms with van der Waals surface area (Å²) in [6, 6.07) is 2.97. The van der Waals surface area contributed by atoms with Gasteiger partial charge >= 0.3 is 0 Å². The summed E-state index contributed by atoms with van der Waals surface area (Å²) in [7, 11) is -4.02. The van der Waals surface area contributed by atoms with E-state index < -0.39 is 28.3 Å². The predicted molar refractivity (Wildman–Crippen MR) is 69.4 cm³/mol. The topological polar surface area (TPSA) is 109 Å². The van der Waals surface area contributed by atoms with E-state index in [0.717, 1.165) is 18.2 Å². The Hall–Kier alpha value is -1.95. The Labute approximate surface area is 115 Å². The highest BCUT2D eigenvalue weighted by atomic mass is 32.2. The smallest absolute Gasteiger partial charge is 0.242 e. The first-order valence-electron chi connectivity index (χ1n) is 5.54. The van der Waals surface area contributed by atoms with Crippen LogP contribution < -0.4 is 10.5 Å². The van der Waals surface area contributed by atoms with Crippen LogP contribution in [0.15, 0.2) is 23.1 Å². The van der Waals surface area contributed by atoms with Crippen LogP contribution in [-0.2, 0) is 14.8 Å². The summed E-state index contributed by atoms with van der Waals surface area (Å²) >= 11 is 0. The van der Waals surface area contributed by atoms with Gasteiger partial charge in [0.15, 0.2) is 0 Å². The molecule has 1 rings (SSSR count). The largest absolute Gasteiger partial charge is 0.395 e. The zero-order valence-corrected chi connectivity index (χ0v) is 11.2. The van der Waals surface area contributed by atoms with Gasteiger partial charge in [0.25, 0.3) is 0 Å². The number of nitrogens with two attached hydrogens (primary N) is 1. The second-order valence-electron chi connectivity index (χ2n) is 3.71. The van der Waals surface area contributed by atoms with Crippen LogP contribution in [0.25, 0.3) is 0 Å². The number of amides is 1. The Morgan fingerprint density at radius 1 is 1.45 bits per heavy atom. The highest BCUT2D eigenvalue weighted by molar-refractivity contribution is 7.89. The number of hydrogen-bond donors (Lipinski definition) is 3. The van der Waals surface area contributed by atoms with E-state index >= 15 is 0 Å². The van der Waals surface area contributed by atoms with Crippen LogP contribution in [-0.4, -0.2) is 32.6 Å². The second-order valence-corrected chi connectivity index (χ2v) is 5.44. The Bertz CT molecular complexity index is 662. The molecule has 20 heavy (non-hydrogen) atoms. The van der Waals surface area contributed by atoms with Crippen molar-refractivity contribution in [2.75, 3.05) is 13.2 Å². The van der Waals surface area contributed by atoms with Crippen molar-refractivity contribution in [2.45, 2.75) is 11.3 Å². The lowest BCUT2D eigenvalue weighted by Gasteiger charge is -2.07. The van der Waals surface area contributed by atoms with Crippen LogP contribution in [0.1, 0.15) is 12.0 Å². The van der Waals surface area contributed by atoms with Crippen LogP contribution in [0.4, 0.5) is 4.39 Å². The molecule has 4 N–H and O–H groups in total. The van der Waals surface area contributed by atoms with Crippen molar-refractivity contribution in [1.29, 1.82) is 0 Å². The molecule has 0 radical (unpaired) electrons. The molecule has 0 saturated carbocycles. The molecule has 0 unspecified atom stereocenters. The zero-order chi connectivity index (χ0) is 15.2. The number of nitrogens with one attached hydrogen (secondary N) is 1. The minimum absolute atomic E-state index is 0.0598. The maximum absolute atomic E-state index is 13.2. The minimum Gasteiger partial charge on any atom is -0.395 e. The number of rotatable bonds is 5. The lowest BCUT2D eigenvalue weighted by Crippen LogP contribution is -2.33. The number of sulfonamides is 1. The fourth-order valence-electron chi connectivity index (χ4n) is 1.29. The molecular weight excluding hydrogens is 287 g/mol. The summed E-state index contributed by atoms with van der Waals surface area (Å²) in [6.45, 7) is -0.756. The van der Waals surface area contributed by atoms with Gasteiger partial charge in [-0.05, 0) is 18.2 Å². The van der Waals surface area contributed by atoms with Gasteiger partial charge in [-0.25, -0.2) is 17.5 Å². The van der Waals surface area contributed by atoms with E-state index in [0.29, 0.717) is 0 Å². The number of halogens is 1. The fourth-order valence-corrected chi connectivity index (χ4v) is 2.43. The summed E-state index contributed by atoms with van der Waals surface area (Å²) in [5, 5.41) is 8.61. The summed E-state index contributed by atoms with van der Waals surface area (Å²) in [5.41, 5.74) is 4.80. The third-order valence-electron chi connectivity index (χ3n) is 2.13. The molecule has 1 aromatic rings. The molecule has 1 aromatic carbocycles. The van der Waals surface area contributed by atoms with Crippen LogP contribution in [0, 0.1) is 17.7 Å². The summed E-state index contributed by atoms with van der Waals surface area (Å²) in [6.07, 6.45) is 0.130. The van der Waals surface area contributed by atoms with Crippen LogP contribution in [0.5, 0.6) is 0 Å². The molecule has 0 aliphatic heterocycles. The third-order valence-corrected chi connectivity index (χ3v) is 3.59. The maximum Gasteiger partial charge on any atom is 0.242 e. The first-order valence-corrected chi connectivity index (χ1v) is 7.02. The van der Waals surface area contributed by atoms with E-state index in [4.69, 9.17) is 10.8 Å². The van der Waals surface area contributed by atoms with Crippen molar-refractivity contribution in [3.8, 4) is 11.8 Å². The summed E-state index contributed by atoms with van der Waals surface area (Å²) in [5.74, 6) is 3.48. The molecule has 0 saturated heterocycles. The quantitative estimate of drug-likeness (QED) is 0.626. The first kappa shape index (κ1) is 16.1.